The lowest BCUT2D eigenvalue weighted by molar-refractivity contribution is -0.136. The molecule has 3 aromatic rings. The smallest absolute Gasteiger partial charge is 0.335 e. The molecule has 1 atom stereocenters. The number of aryl methyl sites for hydroxylation is 1. The third-order valence-corrected chi connectivity index (χ3v) is 4.74. The Morgan fingerprint density at radius 2 is 1.74 bits per heavy atom. The predicted molar refractivity (Wildman–Crippen MR) is 107 cm³/mol. The number of carbonyl (C=O) groups is 2. The van der Waals surface area contributed by atoms with E-state index in [2.05, 4.69) is 11.1 Å². The van der Waals surface area contributed by atoms with Crippen LogP contribution in [0.15, 0.2) is 72.9 Å². The molecule has 2 aromatic carbocycles. The zero-order chi connectivity index (χ0) is 19.4. The summed E-state index contributed by atoms with van der Waals surface area (Å²) in [4.78, 5) is 23.7. The molecule has 0 N–H and O–H groups in total. The molecule has 0 aliphatic heterocycles. The average molecular weight is 361 g/mol. The number of para-hydroxylation sites is 1. The van der Waals surface area contributed by atoms with E-state index in [0.29, 0.717) is 18.4 Å². The fraction of sp³-hybridized carbons (Fsp3) is 0.217. The number of Topliss-reactive ketones (excluding diaryl/α,β-unsaturated/α-hetero) is 1. The molecule has 0 saturated carbocycles. The van der Waals surface area contributed by atoms with E-state index in [9.17, 15) is 9.59 Å². The molecule has 0 unspecified atom stereocenters. The van der Waals surface area contributed by atoms with Gasteiger partial charge in [-0.3, -0.25) is 0 Å². The van der Waals surface area contributed by atoms with E-state index in [-0.39, 0.29) is 11.8 Å². The lowest BCUT2D eigenvalue weighted by Crippen LogP contribution is -2.18. The number of carbonyl (C=O) groups excluding carboxylic acids is 2. The maximum absolute atomic E-state index is 12.3. The summed E-state index contributed by atoms with van der Waals surface area (Å²) in [6.07, 6.45) is 3.18. The van der Waals surface area contributed by atoms with E-state index >= 15 is 0 Å². The van der Waals surface area contributed by atoms with Crippen LogP contribution in [0.1, 0.15) is 30.5 Å². The van der Waals surface area contributed by atoms with Crippen molar-refractivity contribution in [1.29, 1.82) is 0 Å². The third kappa shape index (κ3) is 3.85. The first-order valence-corrected chi connectivity index (χ1v) is 8.93. The van der Waals surface area contributed by atoms with Gasteiger partial charge in [-0.25, -0.2) is 4.79 Å². The molecule has 138 valence electrons. The first-order chi connectivity index (χ1) is 13.0. The maximum Gasteiger partial charge on any atom is 0.335 e. The quantitative estimate of drug-likeness (QED) is 0.460. The zero-order valence-corrected chi connectivity index (χ0v) is 15.6. The van der Waals surface area contributed by atoms with E-state index in [1.165, 1.54) is 7.11 Å². The number of aromatic nitrogens is 1. The number of esters is 1. The highest BCUT2D eigenvalue weighted by Crippen LogP contribution is 2.33. The van der Waals surface area contributed by atoms with Crippen molar-refractivity contribution in [3.8, 4) is 0 Å². The van der Waals surface area contributed by atoms with Gasteiger partial charge in [0.05, 0.1) is 18.7 Å². The highest BCUT2D eigenvalue weighted by atomic mass is 16.5. The van der Waals surface area contributed by atoms with E-state index in [1.54, 1.807) is 6.92 Å². The molecule has 0 spiro atoms. The van der Waals surface area contributed by atoms with Crippen LogP contribution in [0.4, 0.5) is 0 Å². The number of benzene rings is 2. The number of rotatable bonds is 7. The van der Waals surface area contributed by atoms with Gasteiger partial charge in [0.15, 0.2) is 0 Å². The van der Waals surface area contributed by atoms with Crippen molar-refractivity contribution in [1.82, 2.24) is 4.57 Å². The fourth-order valence-corrected chi connectivity index (χ4v) is 3.41. The molecule has 3 rings (SSSR count). The summed E-state index contributed by atoms with van der Waals surface area (Å²) in [5.74, 6) is -0.280. The van der Waals surface area contributed by atoms with Crippen LogP contribution in [-0.4, -0.2) is 23.4 Å². The Morgan fingerprint density at radius 1 is 1.07 bits per heavy atom. The number of hydrogen-bond acceptors (Lipinski definition) is 3. The van der Waals surface area contributed by atoms with Crippen LogP contribution in [-0.2, 0) is 20.7 Å². The number of ether oxygens (including phenoxy) is 1. The van der Waals surface area contributed by atoms with E-state index < -0.39 is 5.97 Å². The number of ketones is 1. The van der Waals surface area contributed by atoms with Crippen molar-refractivity contribution in [2.24, 2.45) is 0 Å². The van der Waals surface area contributed by atoms with Gasteiger partial charge in [0.1, 0.15) is 5.78 Å². The van der Waals surface area contributed by atoms with Crippen molar-refractivity contribution in [2.45, 2.75) is 25.8 Å². The fourth-order valence-electron chi connectivity index (χ4n) is 3.41. The monoisotopic (exact) mass is 361 g/mol. The van der Waals surface area contributed by atoms with Gasteiger partial charge in [-0.2, -0.15) is 0 Å². The Kier molecular flexibility index (Phi) is 5.55. The van der Waals surface area contributed by atoms with Gasteiger partial charge in [-0.05, 0) is 30.5 Å². The first kappa shape index (κ1) is 18.6. The summed E-state index contributed by atoms with van der Waals surface area (Å²) in [5, 5.41) is 1.08. The molecule has 4 nitrogen and oxygen atoms in total. The minimum Gasteiger partial charge on any atom is -0.466 e. The highest BCUT2D eigenvalue weighted by Gasteiger charge is 2.25. The van der Waals surface area contributed by atoms with Gasteiger partial charge in [-0.15, -0.1) is 0 Å². The van der Waals surface area contributed by atoms with Crippen LogP contribution in [0.2, 0.25) is 0 Å². The topological polar surface area (TPSA) is 48.3 Å². The van der Waals surface area contributed by atoms with E-state index in [0.717, 1.165) is 22.0 Å². The second-order valence-electron chi connectivity index (χ2n) is 6.61. The van der Waals surface area contributed by atoms with Crippen LogP contribution in [0.5, 0.6) is 0 Å². The standard InChI is InChI=1S/C23H23NO3/c1-16(25)13-14-19-15-24(21-12-8-7-11-20(19)21)22(17(2)23(26)27-3)18-9-5-4-6-10-18/h4-12,15,22H,2,13-14H2,1,3H3/t22-/m1/s1. The molecule has 1 aromatic heterocycles. The number of methoxy groups -OCH3 is 1. The van der Waals surface area contributed by atoms with E-state index in [4.69, 9.17) is 4.74 Å². The summed E-state index contributed by atoms with van der Waals surface area (Å²) in [5.41, 5.74) is 3.39. The number of fused-ring (bicyclic) bond motifs is 1. The molecule has 0 radical (unpaired) electrons. The van der Waals surface area contributed by atoms with Crippen LogP contribution < -0.4 is 0 Å². The molecular weight excluding hydrogens is 338 g/mol. The second-order valence-corrected chi connectivity index (χ2v) is 6.61. The summed E-state index contributed by atoms with van der Waals surface area (Å²) in [6.45, 7) is 5.62. The average Bonchev–Trinajstić information content (AvgIpc) is 3.05. The number of nitrogens with zero attached hydrogens (tertiary/aromatic N) is 1. The van der Waals surface area contributed by atoms with Gasteiger partial charge in [0.25, 0.3) is 0 Å². The Morgan fingerprint density at radius 3 is 2.41 bits per heavy atom. The molecule has 0 amide bonds. The van der Waals surface area contributed by atoms with Crippen molar-refractivity contribution < 1.29 is 14.3 Å². The Hall–Kier alpha value is -3.14. The van der Waals surface area contributed by atoms with Crippen molar-refractivity contribution >= 4 is 22.7 Å². The summed E-state index contributed by atoms with van der Waals surface area (Å²) in [7, 11) is 1.36. The zero-order valence-electron chi connectivity index (χ0n) is 15.6. The normalized spacial score (nSPS) is 11.9. The van der Waals surface area contributed by atoms with Gasteiger partial charge in [0, 0.05) is 23.5 Å². The molecule has 1 heterocycles. The molecule has 0 aliphatic carbocycles. The van der Waals surface area contributed by atoms with Crippen LogP contribution in [0, 0.1) is 0 Å². The Labute approximate surface area is 159 Å². The van der Waals surface area contributed by atoms with Crippen molar-refractivity contribution in [3.05, 3.63) is 84.1 Å². The van der Waals surface area contributed by atoms with Crippen molar-refractivity contribution in [3.63, 3.8) is 0 Å². The molecule has 0 aliphatic rings. The largest absolute Gasteiger partial charge is 0.466 e. The van der Waals surface area contributed by atoms with Crippen molar-refractivity contribution in [2.75, 3.05) is 7.11 Å². The molecule has 0 fully saturated rings. The van der Waals surface area contributed by atoms with Gasteiger partial charge in [-0.1, -0.05) is 55.1 Å². The van der Waals surface area contributed by atoms with Gasteiger partial charge >= 0.3 is 5.97 Å². The van der Waals surface area contributed by atoms with Crippen LogP contribution in [0.25, 0.3) is 10.9 Å². The van der Waals surface area contributed by atoms with Crippen LogP contribution in [0.3, 0.4) is 0 Å². The molecular formula is C23H23NO3. The maximum atomic E-state index is 12.3. The summed E-state index contributed by atoms with van der Waals surface area (Å²) < 4.78 is 6.99. The van der Waals surface area contributed by atoms with Gasteiger partial charge < -0.3 is 14.1 Å². The van der Waals surface area contributed by atoms with Gasteiger partial charge in [0.2, 0.25) is 0 Å². The first-order valence-electron chi connectivity index (χ1n) is 8.93. The number of hydrogen-bond donors (Lipinski definition) is 0. The highest BCUT2D eigenvalue weighted by molar-refractivity contribution is 5.91. The summed E-state index contributed by atoms with van der Waals surface area (Å²) >= 11 is 0. The van der Waals surface area contributed by atoms with E-state index in [1.807, 2.05) is 60.8 Å². The Bertz CT molecular complexity index is 985. The predicted octanol–water partition coefficient (Wildman–Crippen LogP) is 4.48. The SMILES string of the molecule is C=C(C(=O)OC)[C@H](c1ccccc1)n1cc(CCC(C)=O)c2ccccc21. The summed E-state index contributed by atoms with van der Waals surface area (Å²) in [6, 6.07) is 17.4. The Balaban J connectivity index is 2.17. The molecule has 0 bridgehead atoms. The lowest BCUT2D eigenvalue weighted by atomic mass is 9.99. The molecule has 4 heteroatoms. The third-order valence-electron chi connectivity index (χ3n) is 4.74. The minimum absolute atomic E-state index is 0.158. The lowest BCUT2D eigenvalue weighted by Gasteiger charge is -2.22. The minimum atomic E-state index is -0.438. The second kappa shape index (κ2) is 8.04. The molecule has 0 saturated heterocycles. The molecule has 27 heavy (non-hydrogen) atoms. The van der Waals surface area contributed by atoms with Crippen LogP contribution >= 0.6 is 0 Å².